The number of imidazole rings is 1. The van der Waals surface area contributed by atoms with Crippen molar-refractivity contribution in [3.8, 4) is 5.69 Å². The van der Waals surface area contributed by atoms with Gasteiger partial charge in [0.1, 0.15) is 5.82 Å². The Morgan fingerprint density at radius 2 is 1.95 bits per heavy atom. The first kappa shape index (κ1) is 15.2. The van der Waals surface area contributed by atoms with Gasteiger partial charge in [0.05, 0.1) is 22.6 Å². The zero-order valence-electron chi connectivity index (χ0n) is 11.0. The van der Waals surface area contributed by atoms with Crippen LogP contribution in [0.2, 0.25) is 10.0 Å². The van der Waals surface area contributed by atoms with Crippen LogP contribution < -0.4 is 0 Å². The fourth-order valence-corrected chi connectivity index (χ4v) is 3.40. The Labute approximate surface area is 145 Å². The van der Waals surface area contributed by atoms with Gasteiger partial charge in [-0.15, -0.1) is 11.6 Å². The first-order valence-electron chi connectivity index (χ1n) is 6.20. The van der Waals surface area contributed by atoms with Crippen LogP contribution in [-0.4, -0.2) is 9.55 Å². The maximum Gasteiger partial charge on any atom is 0.129 e. The molecule has 0 aliphatic carbocycles. The summed E-state index contributed by atoms with van der Waals surface area (Å²) in [6.07, 6.45) is 0. The average molecular weight is 405 g/mol. The highest BCUT2D eigenvalue weighted by Gasteiger charge is 2.15. The molecule has 3 rings (SSSR count). The average Bonchev–Trinajstić information content (AvgIpc) is 2.80. The molecule has 0 saturated carbocycles. The van der Waals surface area contributed by atoms with Gasteiger partial charge in [-0.2, -0.15) is 0 Å². The molecule has 0 unspecified atom stereocenters. The number of benzene rings is 2. The number of fused-ring (bicyclic) bond motifs is 1. The van der Waals surface area contributed by atoms with Crippen LogP contribution >= 0.6 is 50.7 Å². The molecule has 0 N–H and O–H groups in total. The van der Waals surface area contributed by atoms with E-state index in [1.807, 2.05) is 41.8 Å². The van der Waals surface area contributed by atoms with Crippen molar-refractivity contribution in [1.29, 1.82) is 0 Å². The van der Waals surface area contributed by atoms with Crippen LogP contribution in [-0.2, 0) is 5.88 Å². The number of aryl methyl sites for hydroxylation is 1. The largest absolute Gasteiger partial charge is 0.294 e. The second-order valence-electron chi connectivity index (χ2n) is 4.68. The maximum atomic E-state index is 6.27. The zero-order valence-corrected chi connectivity index (χ0v) is 14.9. The highest BCUT2D eigenvalue weighted by atomic mass is 79.9. The van der Waals surface area contributed by atoms with E-state index in [1.54, 1.807) is 0 Å². The van der Waals surface area contributed by atoms with Crippen molar-refractivity contribution >= 4 is 61.8 Å². The predicted octanol–water partition coefficient (Wildman–Crippen LogP) is 6.14. The molecule has 2 nitrogen and oxygen atoms in total. The molecule has 21 heavy (non-hydrogen) atoms. The molecule has 108 valence electrons. The molecule has 0 atom stereocenters. The molecule has 1 heterocycles. The summed E-state index contributed by atoms with van der Waals surface area (Å²) in [5, 5.41) is 1.34. The molecule has 1 aromatic heterocycles. The predicted molar refractivity (Wildman–Crippen MR) is 93.1 cm³/mol. The van der Waals surface area contributed by atoms with Gasteiger partial charge in [-0.25, -0.2) is 4.98 Å². The number of aromatic nitrogens is 2. The minimum Gasteiger partial charge on any atom is -0.294 e. The second kappa shape index (κ2) is 5.81. The minimum atomic E-state index is 0.296. The molecule has 0 saturated heterocycles. The van der Waals surface area contributed by atoms with E-state index in [0.717, 1.165) is 32.6 Å². The Balaban J connectivity index is 2.38. The van der Waals surface area contributed by atoms with Crippen LogP contribution in [0.15, 0.2) is 34.8 Å². The smallest absolute Gasteiger partial charge is 0.129 e. The van der Waals surface area contributed by atoms with Crippen molar-refractivity contribution < 1.29 is 0 Å². The Morgan fingerprint density at radius 1 is 1.19 bits per heavy atom. The summed E-state index contributed by atoms with van der Waals surface area (Å²) in [5.41, 5.74) is 3.64. The third kappa shape index (κ3) is 2.68. The van der Waals surface area contributed by atoms with Gasteiger partial charge >= 0.3 is 0 Å². The van der Waals surface area contributed by atoms with Gasteiger partial charge in [0.25, 0.3) is 0 Å². The van der Waals surface area contributed by atoms with Crippen LogP contribution in [0.1, 0.15) is 11.4 Å². The lowest BCUT2D eigenvalue weighted by Crippen LogP contribution is -2.01. The molecule has 0 fully saturated rings. The Hall–Kier alpha value is -0.740. The zero-order chi connectivity index (χ0) is 15.1. The Bertz CT molecular complexity index is 843. The quantitative estimate of drug-likeness (QED) is 0.469. The third-order valence-electron chi connectivity index (χ3n) is 3.27. The fourth-order valence-electron chi connectivity index (χ4n) is 2.26. The normalized spacial score (nSPS) is 11.3. The van der Waals surface area contributed by atoms with Gasteiger partial charge in [-0.1, -0.05) is 23.2 Å². The van der Waals surface area contributed by atoms with E-state index in [2.05, 4.69) is 20.9 Å². The molecular weight excluding hydrogens is 394 g/mol. The standard InChI is InChI=1S/C15H10BrCl3N2/c1-8-4-10(16)13(6-11(8)19)21-14-5-9(18)2-3-12(14)20-15(21)7-17/h2-6H,7H2,1H3. The summed E-state index contributed by atoms with van der Waals surface area (Å²) >= 11 is 22.0. The first-order chi connectivity index (χ1) is 10.0. The summed E-state index contributed by atoms with van der Waals surface area (Å²) in [6.45, 7) is 1.96. The van der Waals surface area contributed by atoms with E-state index in [9.17, 15) is 0 Å². The number of alkyl halides is 1. The third-order valence-corrected chi connectivity index (χ3v) is 4.79. The molecule has 0 spiro atoms. The van der Waals surface area contributed by atoms with E-state index in [0.29, 0.717) is 15.9 Å². The van der Waals surface area contributed by atoms with Crippen molar-refractivity contribution in [2.24, 2.45) is 0 Å². The van der Waals surface area contributed by atoms with E-state index in [-0.39, 0.29) is 0 Å². The van der Waals surface area contributed by atoms with Gasteiger partial charge in [0.2, 0.25) is 0 Å². The highest BCUT2D eigenvalue weighted by molar-refractivity contribution is 9.10. The fraction of sp³-hybridized carbons (Fsp3) is 0.133. The van der Waals surface area contributed by atoms with Crippen molar-refractivity contribution in [1.82, 2.24) is 9.55 Å². The number of hydrogen-bond acceptors (Lipinski definition) is 1. The number of rotatable bonds is 2. The SMILES string of the molecule is Cc1cc(Br)c(-n2c(CCl)nc3ccc(Cl)cc32)cc1Cl. The summed E-state index contributed by atoms with van der Waals surface area (Å²) < 4.78 is 2.90. The summed E-state index contributed by atoms with van der Waals surface area (Å²) in [5.74, 6) is 1.04. The summed E-state index contributed by atoms with van der Waals surface area (Å²) in [6, 6.07) is 9.45. The highest BCUT2D eigenvalue weighted by Crippen LogP contribution is 2.32. The molecule has 0 amide bonds. The monoisotopic (exact) mass is 402 g/mol. The molecule has 0 radical (unpaired) electrons. The van der Waals surface area contributed by atoms with E-state index in [4.69, 9.17) is 34.8 Å². The molecule has 6 heteroatoms. The number of nitrogens with zero attached hydrogens (tertiary/aromatic N) is 2. The van der Waals surface area contributed by atoms with Crippen molar-refractivity contribution in [3.63, 3.8) is 0 Å². The Morgan fingerprint density at radius 3 is 2.67 bits per heavy atom. The number of halogens is 4. The summed E-state index contributed by atoms with van der Waals surface area (Å²) in [7, 11) is 0. The molecular formula is C15H10BrCl3N2. The van der Waals surface area contributed by atoms with E-state index in [1.165, 1.54) is 0 Å². The molecule has 2 aromatic carbocycles. The molecule has 0 aliphatic heterocycles. The van der Waals surface area contributed by atoms with Crippen LogP contribution in [0.4, 0.5) is 0 Å². The molecule has 0 bridgehead atoms. The van der Waals surface area contributed by atoms with Gasteiger partial charge in [-0.3, -0.25) is 4.57 Å². The summed E-state index contributed by atoms with van der Waals surface area (Å²) in [4.78, 5) is 4.55. The van der Waals surface area contributed by atoms with Crippen molar-refractivity contribution in [2.45, 2.75) is 12.8 Å². The van der Waals surface area contributed by atoms with Crippen LogP contribution in [0, 0.1) is 6.92 Å². The van der Waals surface area contributed by atoms with Gasteiger partial charge in [0.15, 0.2) is 0 Å². The first-order valence-corrected chi connectivity index (χ1v) is 8.28. The minimum absolute atomic E-state index is 0.296. The van der Waals surface area contributed by atoms with Crippen LogP contribution in [0.25, 0.3) is 16.7 Å². The lowest BCUT2D eigenvalue weighted by molar-refractivity contribution is 0.976. The van der Waals surface area contributed by atoms with Crippen molar-refractivity contribution in [3.05, 3.63) is 56.2 Å². The lowest BCUT2D eigenvalue weighted by atomic mass is 10.2. The van der Waals surface area contributed by atoms with Gasteiger partial charge in [-0.05, 0) is 58.7 Å². The van der Waals surface area contributed by atoms with E-state index < -0.39 is 0 Å². The number of hydrogen-bond donors (Lipinski definition) is 0. The van der Waals surface area contributed by atoms with Crippen molar-refractivity contribution in [2.75, 3.05) is 0 Å². The lowest BCUT2D eigenvalue weighted by Gasteiger charge is -2.12. The molecule has 0 aliphatic rings. The van der Waals surface area contributed by atoms with Crippen LogP contribution in [0.3, 0.4) is 0 Å². The maximum absolute atomic E-state index is 6.27. The van der Waals surface area contributed by atoms with Gasteiger partial charge < -0.3 is 0 Å². The molecule has 3 aromatic rings. The topological polar surface area (TPSA) is 17.8 Å². The van der Waals surface area contributed by atoms with Crippen LogP contribution in [0.5, 0.6) is 0 Å². The Kier molecular flexibility index (Phi) is 4.19. The van der Waals surface area contributed by atoms with Gasteiger partial charge in [0, 0.05) is 14.5 Å². The second-order valence-corrected chi connectivity index (χ2v) is 6.65. The van der Waals surface area contributed by atoms with E-state index >= 15 is 0 Å².